The molecule has 0 saturated heterocycles. The SMILES string of the molecule is CCCCC(CN)NC(=O)C(C)(C)CC(C)C. The second-order valence-corrected chi connectivity index (χ2v) is 6.03. The first-order valence-electron chi connectivity index (χ1n) is 6.84. The van der Waals surface area contributed by atoms with Gasteiger partial charge in [-0.1, -0.05) is 47.5 Å². The van der Waals surface area contributed by atoms with Crippen molar-refractivity contribution in [1.29, 1.82) is 0 Å². The molecule has 0 aromatic heterocycles. The Hall–Kier alpha value is -0.570. The van der Waals surface area contributed by atoms with Gasteiger partial charge in [0.2, 0.25) is 5.91 Å². The molecule has 0 rings (SSSR count). The minimum atomic E-state index is -0.298. The van der Waals surface area contributed by atoms with Gasteiger partial charge in [0.25, 0.3) is 0 Å². The van der Waals surface area contributed by atoms with Gasteiger partial charge in [-0.3, -0.25) is 4.79 Å². The summed E-state index contributed by atoms with van der Waals surface area (Å²) in [5.41, 5.74) is 5.39. The number of hydrogen-bond acceptors (Lipinski definition) is 2. The average molecular weight is 242 g/mol. The van der Waals surface area contributed by atoms with Gasteiger partial charge >= 0.3 is 0 Å². The first kappa shape index (κ1) is 16.4. The molecule has 3 N–H and O–H groups in total. The van der Waals surface area contributed by atoms with E-state index in [1.165, 1.54) is 0 Å². The number of nitrogens with two attached hydrogens (primary N) is 1. The van der Waals surface area contributed by atoms with Crippen LogP contribution in [0.15, 0.2) is 0 Å². The topological polar surface area (TPSA) is 55.1 Å². The molecule has 1 amide bonds. The maximum Gasteiger partial charge on any atom is 0.225 e. The fraction of sp³-hybridized carbons (Fsp3) is 0.929. The van der Waals surface area contributed by atoms with E-state index in [1.807, 2.05) is 13.8 Å². The number of unbranched alkanes of at least 4 members (excludes halogenated alkanes) is 1. The van der Waals surface area contributed by atoms with Crippen LogP contribution in [-0.2, 0) is 4.79 Å². The Kier molecular flexibility index (Phi) is 7.44. The Morgan fingerprint density at radius 3 is 2.35 bits per heavy atom. The van der Waals surface area contributed by atoms with E-state index >= 15 is 0 Å². The van der Waals surface area contributed by atoms with Crippen LogP contribution in [0.2, 0.25) is 0 Å². The first-order valence-corrected chi connectivity index (χ1v) is 6.84. The quantitative estimate of drug-likeness (QED) is 0.687. The predicted molar refractivity (Wildman–Crippen MR) is 73.7 cm³/mol. The zero-order chi connectivity index (χ0) is 13.5. The Labute approximate surface area is 107 Å². The molecule has 0 aliphatic rings. The number of amides is 1. The van der Waals surface area contributed by atoms with Gasteiger partial charge in [0.15, 0.2) is 0 Å². The lowest BCUT2D eigenvalue weighted by Gasteiger charge is -2.28. The summed E-state index contributed by atoms with van der Waals surface area (Å²) in [5, 5.41) is 3.08. The van der Waals surface area contributed by atoms with Gasteiger partial charge in [0.05, 0.1) is 0 Å². The minimum Gasteiger partial charge on any atom is -0.352 e. The average Bonchev–Trinajstić information content (AvgIpc) is 2.21. The van der Waals surface area contributed by atoms with Crippen molar-refractivity contribution in [2.24, 2.45) is 17.1 Å². The lowest BCUT2D eigenvalue weighted by Crippen LogP contribution is -2.46. The van der Waals surface area contributed by atoms with Crippen molar-refractivity contribution < 1.29 is 4.79 Å². The predicted octanol–water partition coefficient (Wildman–Crippen LogP) is 2.69. The third kappa shape index (κ3) is 6.67. The van der Waals surface area contributed by atoms with Crippen molar-refractivity contribution in [3.8, 4) is 0 Å². The van der Waals surface area contributed by atoms with Crippen LogP contribution >= 0.6 is 0 Å². The molecule has 0 aliphatic carbocycles. The molecule has 1 atom stereocenters. The lowest BCUT2D eigenvalue weighted by atomic mass is 9.83. The van der Waals surface area contributed by atoms with Crippen molar-refractivity contribution in [2.75, 3.05) is 6.54 Å². The molecule has 0 spiro atoms. The fourth-order valence-electron chi connectivity index (χ4n) is 2.19. The Balaban J connectivity index is 4.29. The number of rotatable bonds is 8. The summed E-state index contributed by atoms with van der Waals surface area (Å²) in [6.07, 6.45) is 4.15. The summed E-state index contributed by atoms with van der Waals surface area (Å²) >= 11 is 0. The fourth-order valence-corrected chi connectivity index (χ4v) is 2.19. The van der Waals surface area contributed by atoms with Gasteiger partial charge in [0.1, 0.15) is 0 Å². The maximum atomic E-state index is 12.2. The number of hydrogen-bond donors (Lipinski definition) is 2. The molecule has 3 nitrogen and oxygen atoms in total. The number of carbonyl (C=O) groups excluding carboxylic acids is 1. The summed E-state index contributed by atoms with van der Waals surface area (Å²) in [7, 11) is 0. The molecule has 0 aromatic carbocycles. The van der Waals surface area contributed by atoms with Crippen LogP contribution in [0, 0.1) is 11.3 Å². The van der Waals surface area contributed by atoms with Gasteiger partial charge in [-0.25, -0.2) is 0 Å². The van der Waals surface area contributed by atoms with Crippen molar-refractivity contribution >= 4 is 5.91 Å². The second kappa shape index (κ2) is 7.70. The molecule has 1 unspecified atom stereocenters. The van der Waals surface area contributed by atoms with E-state index in [1.54, 1.807) is 0 Å². The highest BCUT2D eigenvalue weighted by atomic mass is 16.2. The van der Waals surface area contributed by atoms with E-state index in [0.717, 1.165) is 25.7 Å². The molecule has 0 bridgehead atoms. The van der Waals surface area contributed by atoms with Crippen LogP contribution in [0.25, 0.3) is 0 Å². The van der Waals surface area contributed by atoms with Crippen molar-refractivity contribution in [3.63, 3.8) is 0 Å². The monoisotopic (exact) mass is 242 g/mol. The largest absolute Gasteiger partial charge is 0.352 e. The molecule has 102 valence electrons. The van der Waals surface area contributed by atoms with Gasteiger partial charge in [-0.2, -0.15) is 0 Å². The van der Waals surface area contributed by atoms with Gasteiger partial charge < -0.3 is 11.1 Å². The molecule has 0 heterocycles. The Bertz CT molecular complexity index is 224. The van der Waals surface area contributed by atoms with Crippen molar-refractivity contribution in [1.82, 2.24) is 5.32 Å². The summed E-state index contributed by atoms with van der Waals surface area (Å²) < 4.78 is 0. The number of carbonyl (C=O) groups is 1. The number of nitrogens with one attached hydrogen (secondary N) is 1. The second-order valence-electron chi connectivity index (χ2n) is 6.03. The lowest BCUT2D eigenvalue weighted by molar-refractivity contribution is -0.130. The third-order valence-electron chi connectivity index (χ3n) is 3.06. The zero-order valence-electron chi connectivity index (χ0n) is 12.2. The van der Waals surface area contributed by atoms with Gasteiger partial charge in [0, 0.05) is 18.0 Å². The van der Waals surface area contributed by atoms with Gasteiger partial charge in [-0.15, -0.1) is 0 Å². The molecule has 0 radical (unpaired) electrons. The standard InChI is InChI=1S/C14H30N2O/c1-6-7-8-12(10-15)16-13(17)14(4,5)9-11(2)3/h11-12H,6-10,15H2,1-5H3,(H,16,17). The highest BCUT2D eigenvalue weighted by Crippen LogP contribution is 2.25. The molecule has 17 heavy (non-hydrogen) atoms. The summed E-state index contributed by atoms with van der Waals surface area (Å²) in [6, 6.07) is 0.133. The Morgan fingerprint density at radius 1 is 1.35 bits per heavy atom. The molecular formula is C14H30N2O. The summed E-state index contributed by atoms with van der Waals surface area (Å²) in [5.74, 6) is 0.667. The minimum absolute atomic E-state index is 0.133. The normalized spacial score (nSPS) is 13.8. The van der Waals surface area contributed by atoms with Crippen LogP contribution < -0.4 is 11.1 Å². The van der Waals surface area contributed by atoms with E-state index in [2.05, 4.69) is 26.1 Å². The molecular weight excluding hydrogens is 212 g/mol. The molecule has 0 fully saturated rings. The maximum absolute atomic E-state index is 12.2. The van der Waals surface area contributed by atoms with E-state index < -0.39 is 0 Å². The molecule has 0 aliphatic heterocycles. The summed E-state index contributed by atoms with van der Waals surface area (Å²) in [4.78, 5) is 12.2. The smallest absolute Gasteiger partial charge is 0.225 e. The molecule has 0 aromatic rings. The van der Waals surface area contributed by atoms with Crippen LogP contribution in [-0.4, -0.2) is 18.5 Å². The van der Waals surface area contributed by atoms with Crippen molar-refractivity contribution in [3.05, 3.63) is 0 Å². The van der Waals surface area contributed by atoms with Crippen LogP contribution in [0.4, 0.5) is 0 Å². The van der Waals surface area contributed by atoms with Crippen LogP contribution in [0.1, 0.15) is 60.3 Å². The zero-order valence-corrected chi connectivity index (χ0v) is 12.2. The van der Waals surface area contributed by atoms with E-state index in [-0.39, 0.29) is 17.4 Å². The van der Waals surface area contributed by atoms with E-state index in [4.69, 9.17) is 5.73 Å². The van der Waals surface area contributed by atoms with Gasteiger partial charge in [-0.05, 0) is 18.8 Å². The highest BCUT2D eigenvalue weighted by molar-refractivity contribution is 5.82. The first-order chi connectivity index (χ1) is 7.83. The van der Waals surface area contributed by atoms with E-state index in [0.29, 0.717) is 12.5 Å². The van der Waals surface area contributed by atoms with Crippen LogP contribution in [0.3, 0.4) is 0 Å². The van der Waals surface area contributed by atoms with Crippen molar-refractivity contribution in [2.45, 2.75) is 66.3 Å². The third-order valence-corrected chi connectivity index (χ3v) is 3.06. The highest BCUT2D eigenvalue weighted by Gasteiger charge is 2.29. The Morgan fingerprint density at radius 2 is 1.94 bits per heavy atom. The summed E-state index contributed by atoms with van der Waals surface area (Å²) in [6.45, 7) is 11.0. The van der Waals surface area contributed by atoms with E-state index in [9.17, 15) is 4.79 Å². The molecule has 3 heteroatoms. The molecule has 0 saturated carbocycles. The van der Waals surface area contributed by atoms with Crippen LogP contribution in [0.5, 0.6) is 0 Å².